The molecule has 1 aliphatic heterocycles. The normalized spacial score (nSPS) is 22.8. The van der Waals surface area contributed by atoms with Crippen LogP contribution in [-0.4, -0.2) is 40.9 Å². The lowest BCUT2D eigenvalue weighted by atomic mass is 9.80. The predicted molar refractivity (Wildman–Crippen MR) is 148 cm³/mol. The molecule has 2 N–H and O–H groups in total. The smallest absolute Gasteiger partial charge is 0.471 e. The summed E-state index contributed by atoms with van der Waals surface area (Å²) < 4.78 is 57.8. The number of phenolic OH excluding ortho intramolecular Hbond substituents is 1. The molecule has 7 nitrogen and oxygen atoms in total. The summed E-state index contributed by atoms with van der Waals surface area (Å²) in [6.45, 7) is 3.17. The summed E-state index contributed by atoms with van der Waals surface area (Å²) in [5.74, 6) is -2.69. The number of amides is 1. The van der Waals surface area contributed by atoms with Crippen molar-refractivity contribution in [3.8, 4) is 11.5 Å². The zero-order valence-electron chi connectivity index (χ0n) is 21.6. The fraction of sp³-hybridized carbons (Fsp3) is 0.310. The van der Waals surface area contributed by atoms with Crippen molar-refractivity contribution in [3.63, 3.8) is 0 Å². The van der Waals surface area contributed by atoms with E-state index in [0.717, 1.165) is 5.56 Å². The lowest BCUT2D eigenvalue weighted by Crippen LogP contribution is -2.64. The van der Waals surface area contributed by atoms with E-state index in [1.54, 1.807) is 30.3 Å². The number of halogens is 4. The van der Waals surface area contributed by atoms with Crippen LogP contribution in [0.15, 0.2) is 72.8 Å². The van der Waals surface area contributed by atoms with Gasteiger partial charge in [-0.2, -0.15) is 13.2 Å². The Morgan fingerprint density at radius 2 is 1.70 bits per heavy atom. The molecule has 0 aromatic heterocycles. The van der Waals surface area contributed by atoms with E-state index < -0.39 is 41.9 Å². The molecule has 1 aliphatic rings. The molecule has 3 aromatic carbocycles. The molecule has 0 radical (unpaired) electrons. The summed E-state index contributed by atoms with van der Waals surface area (Å²) in [4.78, 5) is 24.9. The summed E-state index contributed by atoms with van der Waals surface area (Å²) in [5, 5.41) is 13.1. The van der Waals surface area contributed by atoms with E-state index in [9.17, 15) is 27.9 Å². The molecule has 4 atom stereocenters. The Morgan fingerprint density at radius 3 is 2.33 bits per heavy atom. The summed E-state index contributed by atoms with van der Waals surface area (Å²) in [6.07, 6.45) is -8.53. The van der Waals surface area contributed by atoms with Crippen LogP contribution >= 0.6 is 22.6 Å². The topological polar surface area (TPSA) is 94.1 Å². The fourth-order valence-corrected chi connectivity index (χ4v) is 5.33. The van der Waals surface area contributed by atoms with Crippen LogP contribution in [0.25, 0.3) is 0 Å². The number of phenols is 1. The molecular weight excluding hydrogens is 642 g/mol. The van der Waals surface area contributed by atoms with E-state index in [4.69, 9.17) is 14.2 Å². The highest BCUT2D eigenvalue weighted by atomic mass is 127. The quantitative estimate of drug-likeness (QED) is 0.234. The third-order valence-electron chi connectivity index (χ3n) is 6.64. The molecule has 212 valence electrons. The largest absolute Gasteiger partial charge is 0.506 e. The number of carbonyl (C=O) groups is 2. The molecule has 0 spiro atoms. The lowest BCUT2D eigenvalue weighted by molar-refractivity contribution is -0.187. The molecule has 1 unspecified atom stereocenters. The molecule has 0 bridgehead atoms. The van der Waals surface area contributed by atoms with Gasteiger partial charge in [-0.05, 0) is 66.3 Å². The van der Waals surface area contributed by atoms with E-state index in [2.05, 4.69) is 0 Å². The highest BCUT2D eigenvalue weighted by molar-refractivity contribution is 14.1. The van der Waals surface area contributed by atoms with Crippen molar-refractivity contribution in [2.24, 2.45) is 0 Å². The van der Waals surface area contributed by atoms with Crippen molar-refractivity contribution in [1.29, 1.82) is 0 Å². The Kier molecular flexibility index (Phi) is 8.93. The van der Waals surface area contributed by atoms with Gasteiger partial charge in [0.25, 0.3) is 0 Å². The van der Waals surface area contributed by atoms with Gasteiger partial charge in [0.15, 0.2) is 6.10 Å². The molecule has 1 saturated heterocycles. The number of rotatable bonds is 7. The van der Waals surface area contributed by atoms with E-state index >= 15 is 0 Å². The van der Waals surface area contributed by atoms with Crippen LogP contribution in [0.2, 0.25) is 0 Å². The number of benzene rings is 3. The van der Waals surface area contributed by atoms with Crippen LogP contribution in [0.3, 0.4) is 0 Å². The van der Waals surface area contributed by atoms with Gasteiger partial charge in [-0.25, -0.2) is 4.79 Å². The number of nitrogens with one attached hydrogen (secondary N) is 1. The average molecular weight is 669 g/mol. The van der Waals surface area contributed by atoms with Crippen molar-refractivity contribution >= 4 is 34.5 Å². The molecule has 0 aliphatic carbocycles. The Hall–Kier alpha value is -3.32. The maximum absolute atomic E-state index is 13.3. The Labute approximate surface area is 242 Å². The number of esters is 1. The molecule has 40 heavy (non-hydrogen) atoms. The van der Waals surface area contributed by atoms with E-state index in [1.807, 2.05) is 58.2 Å². The number of alkyl halides is 3. The Morgan fingerprint density at radius 1 is 1.07 bits per heavy atom. The second-order valence-corrected chi connectivity index (χ2v) is 10.8. The van der Waals surface area contributed by atoms with Crippen molar-refractivity contribution in [2.75, 3.05) is 0 Å². The average Bonchev–Trinajstić information content (AvgIpc) is 2.92. The zero-order chi connectivity index (χ0) is 29.1. The first-order chi connectivity index (χ1) is 18.9. The molecule has 1 amide bonds. The maximum atomic E-state index is 13.3. The standard InChI is InChI=1S/C29H27F3INO6/c1-17-25(40-26(36)19-11-7-4-8-12-19)28(2,34-27(37)29(30,31)32)15-22(39-17)20-13-14-21(23(33)24(20)35)38-16-18-9-5-3-6-10-18/h3-14,17,22,25,35H,15-16H2,1-2H3,(H,34,37)/t17?,22-,25+,28+/m0/s1. The third-order valence-corrected chi connectivity index (χ3v) is 7.68. The molecule has 1 fully saturated rings. The van der Waals surface area contributed by atoms with Gasteiger partial charge in [-0.15, -0.1) is 0 Å². The minimum absolute atomic E-state index is 0.160. The monoisotopic (exact) mass is 669 g/mol. The minimum atomic E-state index is -5.16. The van der Waals surface area contributed by atoms with Crippen LogP contribution in [-0.2, 0) is 20.9 Å². The summed E-state index contributed by atoms with van der Waals surface area (Å²) in [5.41, 5.74) is -0.276. The first-order valence-electron chi connectivity index (χ1n) is 12.4. The summed E-state index contributed by atoms with van der Waals surface area (Å²) in [6, 6.07) is 20.6. The van der Waals surface area contributed by atoms with Crippen LogP contribution in [0.5, 0.6) is 11.5 Å². The lowest BCUT2D eigenvalue weighted by Gasteiger charge is -2.47. The minimum Gasteiger partial charge on any atom is -0.506 e. The van der Waals surface area contributed by atoms with Crippen molar-refractivity contribution in [2.45, 2.75) is 56.9 Å². The highest BCUT2D eigenvalue weighted by Crippen LogP contribution is 2.45. The van der Waals surface area contributed by atoms with Gasteiger partial charge < -0.3 is 24.6 Å². The van der Waals surface area contributed by atoms with Gasteiger partial charge in [0.2, 0.25) is 0 Å². The first-order valence-corrected chi connectivity index (χ1v) is 13.5. The summed E-state index contributed by atoms with van der Waals surface area (Å²) in [7, 11) is 0. The SMILES string of the molecule is CC1O[C@H](c2ccc(OCc3ccccc3)c(I)c2O)C[C@@](C)(NC(=O)C(F)(F)F)[C@@H]1OC(=O)c1ccccc1. The van der Waals surface area contributed by atoms with Crippen LogP contribution in [0.1, 0.15) is 47.9 Å². The Balaban J connectivity index is 1.60. The summed E-state index contributed by atoms with van der Waals surface area (Å²) >= 11 is 1.92. The van der Waals surface area contributed by atoms with Gasteiger partial charge in [-0.3, -0.25) is 4.79 Å². The van der Waals surface area contributed by atoms with E-state index in [0.29, 0.717) is 14.9 Å². The van der Waals surface area contributed by atoms with Crippen molar-refractivity contribution in [1.82, 2.24) is 5.32 Å². The van der Waals surface area contributed by atoms with Crippen molar-refractivity contribution < 1.29 is 42.1 Å². The number of ether oxygens (including phenoxy) is 3. The molecule has 1 heterocycles. The molecule has 4 rings (SSSR count). The number of hydrogen-bond donors (Lipinski definition) is 2. The molecular formula is C29H27F3INO6. The van der Waals surface area contributed by atoms with Gasteiger partial charge in [0.1, 0.15) is 18.1 Å². The third kappa shape index (κ3) is 6.69. The number of carbonyl (C=O) groups excluding carboxylic acids is 2. The highest BCUT2D eigenvalue weighted by Gasteiger charge is 2.52. The maximum Gasteiger partial charge on any atom is 0.471 e. The fourth-order valence-electron chi connectivity index (χ4n) is 4.68. The Bertz CT molecular complexity index is 1360. The van der Waals surface area contributed by atoms with Crippen LogP contribution in [0.4, 0.5) is 13.2 Å². The second-order valence-electron chi connectivity index (χ2n) is 9.69. The molecule has 0 saturated carbocycles. The van der Waals surface area contributed by atoms with Crippen molar-refractivity contribution in [3.05, 3.63) is 93.1 Å². The molecule has 3 aromatic rings. The molecule has 11 heteroatoms. The first kappa shape index (κ1) is 29.7. The number of hydrogen-bond acceptors (Lipinski definition) is 6. The predicted octanol–water partition coefficient (Wildman–Crippen LogP) is 6.09. The van der Waals surface area contributed by atoms with Gasteiger partial charge in [-0.1, -0.05) is 48.5 Å². The van der Waals surface area contributed by atoms with Gasteiger partial charge in [0, 0.05) is 12.0 Å². The van der Waals surface area contributed by atoms with Gasteiger partial charge >= 0.3 is 18.1 Å². The van der Waals surface area contributed by atoms with Gasteiger partial charge in [0.05, 0.1) is 26.9 Å². The zero-order valence-corrected chi connectivity index (χ0v) is 23.7. The van der Waals surface area contributed by atoms with E-state index in [1.165, 1.54) is 26.0 Å². The van der Waals surface area contributed by atoms with E-state index in [-0.39, 0.29) is 24.3 Å². The van der Waals surface area contributed by atoms with Crippen LogP contribution < -0.4 is 10.1 Å². The number of aromatic hydroxyl groups is 1. The van der Waals surface area contributed by atoms with Crippen LogP contribution in [0, 0.1) is 3.57 Å². The second kappa shape index (κ2) is 12.0.